The number of amides is 1. The van der Waals surface area contributed by atoms with E-state index in [9.17, 15) is 9.59 Å². The number of nitrogens with zero attached hydrogens (tertiary/aromatic N) is 2. The van der Waals surface area contributed by atoms with E-state index < -0.39 is 0 Å². The summed E-state index contributed by atoms with van der Waals surface area (Å²) in [5.41, 5.74) is 7.01. The first-order chi connectivity index (χ1) is 15.5. The first kappa shape index (κ1) is 20.2. The van der Waals surface area contributed by atoms with Crippen molar-refractivity contribution in [3.05, 3.63) is 93.3 Å². The topological polar surface area (TPSA) is 64.0 Å². The molecule has 0 aliphatic heterocycles. The van der Waals surface area contributed by atoms with Crippen LogP contribution in [0.25, 0.3) is 22.0 Å². The molecule has 0 saturated heterocycles. The van der Waals surface area contributed by atoms with E-state index in [0.717, 1.165) is 47.0 Å². The van der Waals surface area contributed by atoms with Crippen LogP contribution in [0.4, 0.5) is 5.69 Å². The molecule has 0 atom stereocenters. The fraction of sp³-hybridized carbons (Fsp3) is 0.222. The van der Waals surface area contributed by atoms with Gasteiger partial charge in [-0.3, -0.25) is 9.59 Å². The highest BCUT2D eigenvalue weighted by Gasteiger charge is 2.17. The Morgan fingerprint density at radius 3 is 2.59 bits per heavy atom. The number of anilines is 1. The van der Waals surface area contributed by atoms with Gasteiger partial charge in [-0.15, -0.1) is 0 Å². The maximum atomic E-state index is 13.1. The molecule has 1 N–H and O–H groups in total. The van der Waals surface area contributed by atoms with Gasteiger partial charge in [0.15, 0.2) is 0 Å². The molecule has 5 rings (SSSR count). The molecule has 0 unspecified atom stereocenters. The second kappa shape index (κ2) is 8.08. The standard InChI is InChI=1S/C27H25N3O2/c1-17-10-11-18(2)24(14-17)26-22-8-3-4-9-23(22)27(32)30(29-26)16-25(31)28-21-13-12-19-6-5-7-20(19)15-21/h3-4,8-15H,5-7,16H2,1-2H3,(H,28,31). The van der Waals surface area contributed by atoms with Crippen molar-refractivity contribution in [2.45, 2.75) is 39.7 Å². The minimum Gasteiger partial charge on any atom is -0.324 e. The van der Waals surface area contributed by atoms with Gasteiger partial charge >= 0.3 is 0 Å². The molecule has 0 radical (unpaired) electrons. The molecule has 1 heterocycles. The lowest BCUT2D eigenvalue weighted by atomic mass is 9.99. The fourth-order valence-corrected chi connectivity index (χ4v) is 4.52. The number of carbonyl (C=O) groups is 1. The zero-order valence-electron chi connectivity index (χ0n) is 18.3. The summed E-state index contributed by atoms with van der Waals surface area (Å²) in [6, 6.07) is 19.7. The zero-order valence-corrected chi connectivity index (χ0v) is 18.3. The number of fused-ring (bicyclic) bond motifs is 2. The number of rotatable bonds is 4. The summed E-state index contributed by atoms with van der Waals surface area (Å²) in [6.45, 7) is 3.92. The van der Waals surface area contributed by atoms with Crippen molar-refractivity contribution in [3.8, 4) is 11.3 Å². The number of nitrogens with one attached hydrogen (secondary N) is 1. The Hall–Kier alpha value is -3.73. The Balaban J connectivity index is 1.53. The van der Waals surface area contributed by atoms with Crippen LogP contribution in [-0.2, 0) is 24.2 Å². The molecule has 0 fully saturated rings. The third-order valence-electron chi connectivity index (χ3n) is 6.19. The summed E-state index contributed by atoms with van der Waals surface area (Å²) in [5, 5.41) is 8.94. The number of hydrogen-bond donors (Lipinski definition) is 1. The molecule has 0 spiro atoms. The Bertz CT molecular complexity index is 1420. The van der Waals surface area contributed by atoms with Gasteiger partial charge in [-0.2, -0.15) is 5.10 Å². The normalized spacial score (nSPS) is 12.7. The van der Waals surface area contributed by atoms with E-state index in [2.05, 4.69) is 34.7 Å². The van der Waals surface area contributed by atoms with Crippen LogP contribution in [0.2, 0.25) is 0 Å². The van der Waals surface area contributed by atoms with Crippen LogP contribution in [0.1, 0.15) is 28.7 Å². The van der Waals surface area contributed by atoms with Crippen LogP contribution in [0, 0.1) is 13.8 Å². The molecule has 32 heavy (non-hydrogen) atoms. The van der Waals surface area contributed by atoms with Crippen molar-refractivity contribution in [1.82, 2.24) is 9.78 Å². The maximum Gasteiger partial charge on any atom is 0.275 e. The van der Waals surface area contributed by atoms with Gasteiger partial charge in [0.25, 0.3) is 5.56 Å². The second-order valence-corrected chi connectivity index (χ2v) is 8.56. The van der Waals surface area contributed by atoms with Crippen molar-refractivity contribution in [2.24, 2.45) is 0 Å². The van der Waals surface area contributed by atoms with Crippen LogP contribution >= 0.6 is 0 Å². The van der Waals surface area contributed by atoms with Crippen LogP contribution in [-0.4, -0.2) is 15.7 Å². The molecule has 1 aliphatic rings. The Morgan fingerprint density at radius 2 is 1.75 bits per heavy atom. The van der Waals surface area contributed by atoms with E-state index in [1.807, 2.05) is 44.2 Å². The first-order valence-corrected chi connectivity index (χ1v) is 11.0. The van der Waals surface area contributed by atoms with E-state index in [4.69, 9.17) is 0 Å². The number of benzene rings is 3. The molecular weight excluding hydrogens is 398 g/mol. The van der Waals surface area contributed by atoms with Gasteiger partial charge in [-0.25, -0.2) is 4.68 Å². The minimum absolute atomic E-state index is 0.140. The predicted molar refractivity (Wildman–Crippen MR) is 128 cm³/mol. The monoisotopic (exact) mass is 423 g/mol. The SMILES string of the molecule is Cc1ccc(C)c(-c2nn(CC(=O)Nc3ccc4c(c3)CCC4)c(=O)c3ccccc23)c1. The highest BCUT2D eigenvalue weighted by molar-refractivity contribution is 5.95. The van der Waals surface area contributed by atoms with Crippen molar-refractivity contribution >= 4 is 22.4 Å². The van der Waals surface area contributed by atoms with Crippen molar-refractivity contribution in [3.63, 3.8) is 0 Å². The smallest absolute Gasteiger partial charge is 0.275 e. The van der Waals surface area contributed by atoms with Crippen LogP contribution < -0.4 is 10.9 Å². The molecule has 0 bridgehead atoms. The molecule has 1 aliphatic carbocycles. The van der Waals surface area contributed by atoms with Crippen LogP contribution in [0.3, 0.4) is 0 Å². The second-order valence-electron chi connectivity index (χ2n) is 8.56. The molecule has 1 aromatic heterocycles. The van der Waals surface area contributed by atoms with Gasteiger partial charge in [-0.05, 0) is 74.1 Å². The highest BCUT2D eigenvalue weighted by Crippen LogP contribution is 2.28. The van der Waals surface area contributed by atoms with Gasteiger partial charge in [0.1, 0.15) is 6.54 Å². The fourth-order valence-electron chi connectivity index (χ4n) is 4.52. The third-order valence-corrected chi connectivity index (χ3v) is 6.19. The molecule has 1 amide bonds. The van der Waals surface area contributed by atoms with E-state index >= 15 is 0 Å². The Labute approximate surface area is 186 Å². The zero-order chi connectivity index (χ0) is 22.2. The summed E-state index contributed by atoms with van der Waals surface area (Å²) in [5.74, 6) is -0.264. The summed E-state index contributed by atoms with van der Waals surface area (Å²) < 4.78 is 1.28. The van der Waals surface area contributed by atoms with E-state index in [1.54, 1.807) is 6.07 Å². The third kappa shape index (κ3) is 3.71. The van der Waals surface area contributed by atoms with E-state index in [1.165, 1.54) is 15.8 Å². The molecule has 160 valence electrons. The molecule has 4 aromatic rings. The number of hydrogen-bond acceptors (Lipinski definition) is 3. The van der Waals surface area contributed by atoms with Gasteiger partial charge in [0.2, 0.25) is 5.91 Å². The quantitative estimate of drug-likeness (QED) is 0.512. The minimum atomic E-state index is -0.265. The van der Waals surface area contributed by atoms with Gasteiger partial charge in [0.05, 0.1) is 11.1 Å². The predicted octanol–water partition coefficient (Wildman–Crippen LogP) is 4.81. The summed E-state index contributed by atoms with van der Waals surface area (Å²) in [4.78, 5) is 26.0. The average molecular weight is 424 g/mol. The number of aryl methyl sites for hydroxylation is 4. The van der Waals surface area contributed by atoms with Crippen LogP contribution in [0.5, 0.6) is 0 Å². The largest absolute Gasteiger partial charge is 0.324 e. The molecule has 5 nitrogen and oxygen atoms in total. The maximum absolute atomic E-state index is 13.1. The van der Waals surface area contributed by atoms with E-state index in [-0.39, 0.29) is 18.0 Å². The molecule has 3 aromatic carbocycles. The van der Waals surface area contributed by atoms with Gasteiger partial charge in [0, 0.05) is 16.6 Å². The van der Waals surface area contributed by atoms with Crippen molar-refractivity contribution < 1.29 is 4.79 Å². The summed E-state index contributed by atoms with van der Waals surface area (Å²) >= 11 is 0. The van der Waals surface area contributed by atoms with Gasteiger partial charge in [-0.1, -0.05) is 42.0 Å². The lowest BCUT2D eigenvalue weighted by molar-refractivity contribution is -0.117. The van der Waals surface area contributed by atoms with Crippen LogP contribution in [0.15, 0.2) is 65.5 Å². The van der Waals surface area contributed by atoms with E-state index in [0.29, 0.717) is 11.1 Å². The van der Waals surface area contributed by atoms with Crippen molar-refractivity contribution in [1.29, 1.82) is 0 Å². The lowest BCUT2D eigenvalue weighted by Crippen LogP contribution is -2.30. The molecule has 0 saturated carbocycles. The average Bonchev–Trinajstić information content (AvgIpc) is 3.25. The summed E-state index contributed by atoms with van der Waals surface area (Å²) in [6.07, 6.45) is 3.30. The Kier molecular flexibility index (Phi) is 5.10. The highest BCUT2D eigenvalue weighted by atomic mass is 16.2. The summed E-state index contributed by atoms with van der Waals surface area (Å²) in [7, 11) is 0. The van der Waals surface area contributed by atoms with Gasteiger partial charge < -0.3 is 5.32 Å². The lowest BCUT2D eigenvalue weighted by Gasteiger charge is -2.14. The number of carbonyl (C=O) groups excluding carboxylic acids is 1. The Morgan fingerprint density at radius 1 is 0.969 bits per heavy atom. The molecular formula is C27H25N3O2. The number of aromatic nitrogens is 2. The van der Waals surface area contributed by atoms with Crippen molar-refractivity contribution in [2.75, 3.05) is 5.32 Å². The molecule has 5 heteroatoms. The first-order valence-electron chi connectivity index (χ1n) is 11.0.